The van der Waals surface area contributed by atoms with Crippen molar-refractivity contribution in [3.8, 4) is 0 Å². The molecule has 0 saturated carbocycles. The third kappa shape index (κ3) is 4.29. The number of carbonyl (C=O) groups is 3. The van der Waals surface area contributed by atoms with Gasteiger partial charge in [0.2, 0.25) is 6.20 Å². The van der Waals surface area contributed by atoms with Crippen molar-refractivity contribution < 1.29 is 33.4 Å². The normalized spacial score (nSPS) is 19.6. The number of β-lactam (4-membered cyclic amide) rings is 1. The molecule has 3 aromatic rings. The van der Waals surface area contributed by atoms with Crippen LogP contribution in [-0.2, 0) is 32.8 Å². The molecule has 5 rings (SSSR count). The molecule has 0 bridgehead atoms. The van der Waals surface area contributed by atoms with Crippen LogP contribution in [0.15, 0.2) is 46.2 Å². The number of halogens is 1. The van der Waals surface area contributed by atoms with Gasteiger partial charge in [-0.15, -0.1) is 27.8 Å². The highest BCUT2D eigenvalue weighted by Crippen LogP contribution is 2.40. The number of carboxylic acid groups (broad SMARTS) is 1. The Kier molecular flexibility index (Phi) is 6.33. The number of hydrogen-bond donors (Lipinski definition) is 2. The Labute approximate surface area is 217 Å². The van der Waals surface area contributed by atoms with E-state index in [1.54, 1.807) is 28.7 Å². The van der Waals surface area contributed by atoms with Crippen LogP contribution < -0.4 is 20.8 Å². The van der Waals surface area contributed by atoms with Crippen LogP contribution in [0.2, 0.25) is 0 Å². The van der Waals surface area contributed by atoms with Gasteiger partial charge in [-0.05, 0) is 12.1 Å². The van der Waals surface area contributed by atoms with Crippen LogP contribution in [0, 0.1) is 5.82 Å². The molecule has 2 aliphatic rings. The number of fused-ring (bicyclic) bond motifs is 2. The minimum Gasteiger partial charge on any atom is -0.543 e. The third-order valence-corrected chi connectivity index (χ3v) is 8.07. The lowest BCUT2D eigenvalue weighted by Crippen LogP contribution is -2.71. The van der Waals surface area contributed by atoms with Gasteiger partial charge in [0.15, 0.2) is 17.4 Å². The predicted molar refractivity (Wildman–Crippen MR) is 130 cm³/mol. The van der Waals surface area contributed by atoms with Crippen molar-refractivity contribution in [2.24, 2.45) is 12.2 Å². The average molecular weight is 546 g/mol. The number of nitrogens with zero attached hydrogens (tertiary/aromatic N) is 5. The molecule has 0 unspecified atom stereocenters. The number of oxime groups is 1. The van der Waals surface area contributed by atoms with Gasteiger partial charge in [0.1, 0.15) is 35.6 Å². The highest BCUT2D eigenvalue weighted by Gasteiger charge is 2.53. The van der Waals surface area contributed by atoms with Crippen molar-refractivity contribution in [3.05, 3.63) is 52.6 Å². The fourth-order valence-corrected chi connectivity index (χ4v) is 6.22. The monoisotopic (exact) mass is 545 g/mol. The minimum absolute atomic E-state index is 0.145. The number of nitrogens with two attached hydrogens (primary N) is 1. The molecular weight excluding hydrogens is 525 g/mol. The van der Waals surface area contributed by atoms with Gasteiger partial charge >= 0.3 is 0 Å². The van der Waals surface area contributed by atoms with E-state index in [-0.39, 0.29) is 40.3 Å². The van der Waals surface area contributed by atoms with Crippen LogP contribution in [-0.4, -0.2) is 62.3 Å². The molecule has 1 fully saturated rings. The summed E-state index contributed by atoms with van der Waals surface area (Å²) in [5.74, 6) is -2.92. The zero-order chi connectivity index (χ0) is 26.4. The highest BCUT2D eigenvalue weighted by molar-refractivity contribution is 8.00. The first-order chi connectivity index (χ1) is 17.7. The third-order valence-electron chi connectivity index (χ3n) is 6.06. The molecule has 2 atom stereocenters. The number of aromatic nitrogens is 3. The van der Waals surface area contributed by atoms with Gasteiger partial charge in [0, 0.05) is 22.8 Å². The van der Waals surface area contributed by atoms with Crippen molar-refractivity contribution in [1.29, 1.82) is 0 Å². The summed E-state index contributed by atoms with van der Waals surface area (Å²) in [5, 5.41) is 20.3. The van der Waals surface area contributed by atoms with Crippen molar-refractivity contribution >= 4 is 62.6 Å². The second kappa shape index (κ2) is 9.48. The molecule has 0 aliphatic carbocycles. The summed E-state index contributed by atoms with van der Waals surface area (Å²) in [4.78, 5) is 47.9. The maximum absolute atomic E-state index is 13.7. The summed E-state index contributed by atoms with van der Waals surface area (Å²) in [7, 11) is 2.99. The lowest BCUT2D eigenvalue weighted by molar-refractivity contribution is -0.764. The van der Waals surface area contributed by atoms with Crippen LogP contribution in [0.3, 0.4) is 0 Å². The summed E-state index contributed by atoms with van der Waals surface area (Å²) in [6.45, 7) is 0.145. The summed E-state index contributed by atoms with van der Waals surface area (Å²) in [6.07, 6.45) is 1.77. The van der Waals surface area contributed by atoms with E-state index in [4.69, 9.17) is 10.6 Å². The lowest BCUT2D eigenvalue weighted by Gasteiger charge is -2.50. The number of thioether (sulfide) groups is 1. The van der Waals surface area contributed by atoms with Crippen molar-refractivity contribution in [3.63, 3.8) is 0 Å². The van der Waals surface area contributed by atoms with Crippen molar-refractivity contribution in [2.45, 2.75) is 18.0 Å². The predicted octanol–water partition coefficient (Wildman–Crippen LogP) is -0.902. The number of thiazole rings is 1. The number of amides is 2. The number of hydrogen-bond acceptors (Lipinski definition) is 10. The molecule has 1 saturated heterocycles. The van der Waals surface area contributed by atoms with Gasteiger partial charge < -0.3 is 25.8 Å². The molecule has 1 aromatic carbocycles. The Bertz CT molecular complexity index is 1510. The SMILES string of the molecule is CO/N=C(\C(=O)N[C@@H]1C(=O)N2C(C(=O)[O-])=C(C[n+]3cc4ccc(F)cc4n3C)CS[C@H]12)c1csc(N)n1. The highest BCUT2D eigenvalue weighted by atomic mass is 32.2. The number of aliphatic carboxylic acids is 1. The van der Waals surface area contributed by atoms with Gasteiger partial charge in [-0.1, -0.05) is 5.16 Å². The zero-order valence-corrected chi connectivity index (χ0v) is 21.1. The Balaban J connectivity index is 1.38. The van der Waals surface area contributed by atoms with Gasteiger partial charge in [0.05, 0.1) is 24.1 Å². The van der Waals surface area contributed by atoms with Crippen LogP contribution in [0.25, 0.3) is 10.9 Å². The fourth-order valence-electron chi connectivity index (χ4n) is 4.33. The van der Waals surface area contributed by atoms with Crippen molar-refractivity contribution in [2.75, 3.05) is 18.6 Å². The van der Waals surface area contributed by atoms with Gasteiger partial charge in [-0.2, -0.15) is 4.68 Å². The molecule has 0 radical (unpaired) electrons. The molecule has 2 aromatic heterocycles. The molecule has 3 N–H and O–H groups in total. The van der Waals surface area contributed by atoms with Crippen LogP contribution >= 0.6 is 23.1 Å². The molecule has 12 nitrogen and oxygen atoms in total. The molecule has 2 aliphatic heterocycles. The quantitative estimate of drug-likeness (QED) is 0.167. The summed E-state index contributed by atoms with van der Waals surface area (Å²) in [5.41, 5.74) is 6.52. The van der Waals surface area contributed by atoms with E-state index >= 15 is 0 Å². The number of rotatable bonds is 7. The standard InChI is InChI=1S/C22H20FN7O5S2/c1-28-14-5-12(23)4-3-10(14)6-29(28)7-11-8-36-20-16(19(32)30(20)17(11)21(33)34)26-18(31)15(27-35-2)13-9-37-22(24)25-13/h3-6,9,16,20H,7-8H2,1-2H3,(H3-,24,25,26,31,33,34)/b27-15-/t16-,20-/m1/s1. The molecule has 15 heteroatoms. The van der Waals surface area contributed by atoms with Gasteiger partial charge in [-0.3, -0.25) is 14.5 Å². The van der Waals surface area contributed by atoms with E-state index in [2.05, 4.69) is 15.5 Å². The second-order valence-corrected chi connectivity index (χ2v) is 10.2. The Hall–Kier alpha value is -3.98. The number of nitrogens with one attached hydrogen (secondary N) is 1. The first-order valence-electron chi connectivity index (χ1n) is 10.9. The number of anilines is 1. The van der Waals surface area contributed by atoms with Crippen LogP contribution in [0.4, 0.5) is 9.52 Å². The molecule has 2 amide bonds. The van der Waals surface area contributed by atoms with Gasteiger partial charge in [0.25, 0.3) is 11.8 Å². The molecule has 4 heterocycles. The van der Waals surface area contributed by atoms with E-state index in [0.717, 1.165) is 21.6 Å². The maximum Gasteiger partial charge on any atom is 0.276 e. The average Bonchev–Trinajstić information content (AvgIpc) is 3.43. The molecule has 0 spiro atoms. The molecule has 192 valence electrons. The maximum atomic E-state index is 13.7. The Morgan fingerprint density at radius 3 is 2.89 bits per heavy atom. The van der Waals surface area contributed by atoms with E-state index in [1.807, 2.05) is 0 Å². The number of nitrogen functional groups attached to an aromatic ring is 1. The van der Waals surface area contributed by atoms with Crippen LogP contribution in [0.1, 0.15) is 5.69 Å². The number of aryl methyl sites for hydroxylation is 1. The summed E-state index contributed by atoms with van der Waals surface area (Å²) < 4.78 is 17.1. The number of carbonyl (C=O) groups excluding carboxylic acids is 3. The van der Waals surface area contributed by atoms with E-state index in [9.17, 15) is 23.9 Å². The molecule has 37 heavy (non-hydrogen) atoms. The van der Waals surface area contributed by atoms with Crippen LogP contribution in [0.5, 0.6) is 0 Å². The lowest BCUT2D eigenvalue weighted by atomic mass is 10.0. The van der Waals surface area contributed by atoms with E-state index in [1.165, 1.54) is 36.4 Å². The first-order valence-corrected chi connectivity index (χ1v) is 12.8. The summed E-state index contributed by atoms with van der Waals surface area (Å²) >= 11 is 2.42. The Morgan fingerprint density at radius 1 is 1.43 bits per heavy atom. The second-order valence-electron chi connectivity index (χ2n) is 8.25. The smallest absolute Gasteiger partial charge is 0.276 e. The Morgan fingerprint density at radius 2 is 2.22 bits per heavy atom. The summed E-state index contributed by atoms with van der Waals surface area (Å²) in [6, 6.07) is 3.38. The van der Waals surface area contributed by atoms with Gasteiger partial charge in [-0.25, -0.2) is 9.37 Å². The molecular formula is C22H20FN7O5S2. The zero-order valence-electron chi connectivity index (χ0n) is 19.5. The van der Waals surface area contributed by atoms with Crippen molar-refractivity contribution in [1.82, 2.24) is 19.9 Å². The largest absolute Gasteiger partial charge is 0.543 e. The fraction of sp³-hybridized carbons (Fsp3) is 0.273. The topological polar surface area (TPSA) is 159 Å². The van der Waals surface area contributed by atoms with E-state index < -0.39 is 29.2 Å². The number of benzene rings is 1. The first kappa shape index (κ1) is 24.7. The minimum atomic E-state index is -1.50. The van der Waals surface area contributed by atoms with E-state index in [0.29, 0.717) is 11.1 Å². The number of carboxylic acids is 1.